The van der Waals surface area contributed by atoms with Gasteiger partial charge in [0.1, 0.15) is 0 Å². The molecule has 0 N–H and O–H groups in total. The van der Waals surface area contributed by atoms with Crippen molar-refractivity contribution in [3.63, 3.8) is 0 Å². The van der Waals surface area contributed by atoms with Crippen LogP contribution in [0.5, 0.6) is 0 Å². The maximum Gasteiger partial charge on any atom is -0.0331 e. The van der Waals surface area contributed by atoms with Crippen molar-refractivity contribution in [3.8, 4) is 0 Å². The molecule has 3 rings (SSSR count). The molecule has 4 atom stereocenters. The Hall–Kier alpha value is 0. The van der Waals surface area contributed by atoms with E-state index in [2.05, 4.69) is 20.8 Å². The standard InChI is InChI=1S/C12H22/c1-4-9-5-6-10-7-11(9)12(10)8(2)3/h8-12H,4-7H2,1-3H3/t9?,10-,11?,12?/m0/s1. The quantitative estimate of drug-likeness (QED) is 0.586. The van der Waals surface area contributed by atoms with Crippen LogP contribution in [0, 0.1) is 29.6 Å². The van der Waals surface area contributed by atoms with Gasteiger partial charge in [-0.15, -0.1) is 0 Å². The van der Waals surface area contributed by atoms with E-state index >= 15 is 0 Å². The van der Waals surface area contributed by atoms with Crippen molar-refractivity contribution in [2.24, 2.45) is 29.6 Å². The highest BCUT2D eigenvalue weighted by Crippen LogP contribution is 2.56. The maximum absolute atomic E-state index is 2.42. The minimum Gasteiger partial charge on any atom is -0.0651 e. The molecule has 0 spiro atoms. The molecule has 12 heavy (non-hydrogen) atoms. The summed E-state index contributed by atoms with van der Waals surface area (Å²) in [6.07, 6.45) is 6.08. The van der Waals surface area contributed by atoms with Gasteiger partial charge in [-0.3, -0.25) is 0 Å². The van der Waals surface area contributed by atoms with Crippen LogP contribution < -0.4 is 0 Å². The maximum atomic E-state index is 2.42. The van der Waals surface area contributed by atoms with Crippen molar-refractivity contribution in [1.82, 2.24) is 0 Å². The number of fused-ring (bicyclic) bond motifs is 2. The van der Waals surface area contributed by atoms with Gasteiger partial charge in [0.15, 0.2) is 0 Å². The van der Waals surface area contributed by atoms with Crippen LogP contribution in [0.1, 0.15) is 46.5 Å². The van der Waals surface area contributed by atoms with E-state index in [1.807, 2.05) is 0 Å². The van der Waals surface area contributed by atoms with Crippen molar-refractivity contribution in [2.75, 3.05) is 0 Å². The van der Waals surface area contributed by atoms with E-state index in [1.165, 1.54) is 19.3 Å². The second kappa shape index (κ2) is 3.05. The van der Waals surface area contributed by atoms with Crippen LogP contribution in [-0.2, 0) is 0 Å². The van der Waals surface area contributed by atoms with Crippen LogP contribution in [0.25, 0.3) is 0 Å². The summed E-state index contributed by atoms with van der Waals surface area (Å²) in [6, 6.07) is 0. The summed E-state index contributed by atoms with van der Waals surface area (Å²) in [5.41, 5.74) is 0. The van der Waals surface area contributed by atoms with E-state index in [9.17, 15) is 0 Å². The Morgan fingerprint density at radius 3 is 2.50 bits per heavy atom. The molecular weight excluding hydrogens is 144 g/mol. The Bertz CT molecular complexity index is 157. The van der Waals surface area contributed by atoms with Gasteiger partial charge in [0.25, 0.3) is 0 Å². The Labute approximate surface area is 76.7 Å². The highest BCUT2D eigenvalue weighted by molar-refractivity contribution is 4.98. The van der Waals surface area contributed by atoms with Gasteiger partial charge in [0.05, 0.1) is 0 Å². The fraction of sp³-hybridized carbons (Fsp3) is 1.00. The summed E-state index contributed by atoms with van der Waals surface area (Å²) in [6.45, 7) is 7.21. The van der Waals surface area contributed by atoms with Gasteiger partial charge in [0.2, 0.25) is 0 Å². The molecule has 2 bridgehead atoms. The fourth-order valence-corrected chi connectivity index (χ4v) is 3.82. The molecule has 0 saturated heterocycles. The van der Waals surface area contributed by atoms with Crippen LogP contribution in [-0.4, -0.2) is 0 Å². The van der Waals surface area contributed by atoms with E-state index < -0.39 is 0 Å². The molecule has 0 amide bonds. The molecule has 0 aliphatic heterocycles. The first-order chi connectivity index (χ1) is 5.74. The second-order valence-electron chi connectivity index (χ2n) is 5.23. The lowest BCUT2D eigenvalue weighted by Crippen LogP contribution is -2.48. The SMILES string of the molecule is CCC1CC[C@H]2CC1C2C(C)C. The van der Waals surface area contributed by atoms with Gasteiger partial charge in [-0.1, -0.05) is 27.2 Å². The van der Waals surface area contributed by atoms with Gasteiger partial charge < -0.3 is 0 Å². The summed E-state index contributed by atoms with van der Waals surface area (Å²) >= 11 is 0. The van der Waals surface area contributed by atoms with Gasteiger partial charge in [0, 0.05) is 0 Å². The molecule has 0 heterocycles. The lowest BCUT2D eigenvalue weighted by molar-refractivity contribution is -0.0622. The largest absolute Gasteiger partial charge is 0.0651 e. The predicted octanol–water partition coefficient (Wildman–Crippen LogP) is 3.71. The molecule has 0 aromatic carbocycles. The summed E-state index contributed by atoms with van der Waals surface area (Å²) in [5, 5.41) is 0. The third-order valence-electron chi connectivity index (χ3n) is 4.42. The molecule has 0 heteroatoms. The van der Waals surface area contributed by atoms with Crippen molar-refractivity contribution in [1.29, 1.82) is 0 Å². The van der Waals surface area contributed by atoms with Crippen LogP contribution in [0.3, 0.4) is 0 Å². The normalized spacial score (nSPS) is 46.0. The van der Waals surface area contributed by atoms with Gasteiger partial charge in [-0.05, 0) is 48.9 Å². The number of hydrogen-bond donors (Lipinski definition) is 0. The first-order valence-electron chi connectivity index (χ1n) is 5.74. The topological polar surface area (TPSA) is 0 Å². The third kappa shape index (κ3) is 1.11. The lowest BCUT2D eigenvalue weighted by atomic mass is 9.50. The summed E-state index contributed by atoms with van der Waals surface area (Å²) in [7, 11) is 0. The Balaban J connectivity index is 2.01. The van der Waals surface area contributed by atoms with Crippen LogP contribution in [0.15, 0.2) is 0 Å². The predicted molar refractivity (Wildman–Crippen MR) is 52.9 cm³/mol. The average molecular weight is 166 g/mol. The monoisotopic (exact) mass is 166 g/mol. The first-order valence-corrected chi connectivity index (χ1v) is 5.74. The average Bonchev–Trinajstić information content (AvgIpc) is 2.03. The van der Waals surface area contributed by atoms with Crippen LogP contribution in [0.2, 0.25) is 0 Å². The minimum atomic E-state index is 0.947. The van der Waals surface area contributed by atoms with E-state index in [1.54, 1.807) is 6.42 Å². The zero-order valence-electron chi connectivity index (χ0n) is 8.72. The highest BCUT2D eigenvalue weighted by atomic mass is 14.5. The third-order valence-corrected chi connectivity index (χ3v) is 4.42. The van der Waals surface area contributed by atoms with Crippen molar-refractivity contribution in [2.45, 2.75) is 46.5 Å². The minimum absolute atomic E-state index is 0.947. The van der Waals surface area contributed by atoms with E-state index in [4.69, 9.17) is 0 Å². The zero-order chi connectivity index (χ0) is 8.72. The second-order valence-corrected chi connectivity index (χ2v) is 5.23. The summed E-state index contributed by atoms with van der Waals surface area (Å²) < 4.78 is 0. The lowest BCUT2D eigenvalue weighted by Gasteiger charge is -2.55. The molecule has 0 radical (unpaired) electrons. The molecule has 0 nitrogen and oxygen atoms in total. The van der Waals surface area contributed by atoms with Crippen molar-refractivity contribution < 1.29 is 0 Å². The van der Waals surface area contributed by atoms with Gasteiger partial charge in [-0.25, -0.2) is 0 Å². The fourth-order valence-electron chi connectivity index (χ4n) is 3.82. The van der Waals surface area contributed by atoms with Crippen LogP contribution >= 0.6 is 0 Å². The summed E-state index contributed by atoms with van der Waals surface area (Å²) in [5.74, 6) is 5.38. The van der Waals surface area contributed by atoms with Gasteiger partial charge >= 0.3 is 0 Å². The molecule has 70 valence electrons. The van der Waals surface area contributed by atoms with Crippen LogP contribution in [0.4, 0.5) is 0 Å². The van der Waals surface area contributed by atoms with Gasteiger partial charge in [-0.2, -0.15) is 0 Å². The molecule has 3 aliphatic rings. The molecule has 0 aromatic rings. The number of rotatable bonds is 2. The Morgan fingerprint density at radius 2 is 2.00 bits per heavy atom. The van der Waals surface area contributed by atoms with Crippen molar-refractivity contribution >= 4 is 0 Å². The first kappa shape index (κ1) is 8.59. The highest BCUT2D eigenvalue weighted by Gasteiger charge is 2.48. The molecule has 3 saturated carbocycles. The molecule has 0 aromatic heterocycles. The molecular formula is C12H22. The smallest absolute Gasteiger partial charge is 0.0331 e. The Morgan fingerprint density at radius 1 is 1.25 bits per heavy atom. The van der Waals surface area contributed by atoms with E-state index in [0.717, 1.165) is 29.6 Å². The van der Waals surface area contributed by atoms with E-state index in [-0.39, 0.29) is 0 Å². The summed E-state index contributed by atoms with van der Waals surface area (Å²) in [4.78, 5) is 0. The zero-order valence-corrected chi connectivity index (χ0v) is 8.72. The van der Waals surface area contributed by atoms with E-state index in [0.29, 0.717) is 0 Å². The Kier molecular flexibility index (Phi) is 2.18. The number of hydrogen-bond acceptors (Lipinski definition) is 0. The molecule has 3 aliphatic carbocycles. The molecule has 3 unspecified atom stereocenters. The molecule has 3 fully saturated rings. The van der Waals surface area contributed by atoms with Crippen molar-refractivity contribution in [3.05, 3.63) is 0 Å².